The minimum atomic E-state index is 0.973. The van der Waals surface area contributed by atoms with Crippen molar-refractivity contribution in [3.63, 3.8) is 0 Å². The lowest BCUT2D eigenvalue weighted by molar-refractivity contribution is 1.31. The van der Waals surface area contributed by atoms with Crippen molar-refractivity contribution in [2.45, 2.75) is 0 Å². The van der Waals surface area contributed by atoms with Gasteiger partial charge in [-0.05, 0) is 24.3 Å². The largest absolute Gasteiger partial charge is 0.256 e. The lowest BCUT2D eigenvalue weighted by Crippen LogP contribution is -1.82. The number of rotatable bonds is 1. The smallest absolute Gasteiger partial charge is 0.0713 e. The van der Waals surface area contributed by atoms with Gasteiger partial charge in [-0.3, -0.25) is 4.98 Å². The van der Waals surface area contributed by atoms with Gasteiger partial charge in [-0.15, -0.1) is 0 Å². The average Bonchev–Trinajstić information content (AvgIpc) is 2.18. The van der Waals surface area contributed by atoms with E-state index in [0.717, 1.165) is 20.2 Å². The molecule has 0 spiro atoms. The van der Waals surface area contributed by atoms with Gasteiger partial charge in [0.15, 0.2) is 0 Å². The highest BCUT2D eigenvalue weighted by molar-refractivity contribution is 9.10. The first kappa shape index (κ1) is 9.87. The molecule has 3 heteroatoms. The van der Waals surface area contributed by atoms with Gasteiger partial charge in [0.1, 0.15) is 0 Å². The zero-order valence-electron chi connectivity index (χ0n) is 7.24. The van der Waals surface area contributed by atoms with E-state index in [0.29, 0.717) is 0 Å². The first-order valence-electron chi connectivity index (χ1n) is 4.13. The van der Waals surface area contributed by atoms with Crippen LogP contribution in [0.3, 0.4) is 0 Å². The van der Waals surface area contributed by atoms with Crippen molar-refractivity contribution in [2.24, 2.45) is 0 Å². The second-order valence-electron chi connectivity index (χ2n) is 2.87. The third kappa shape index (κ3) is 2.22. The quantitative estimate of drug-likeness (QED) is 0.766. The van der Waals surface area contributed by atoms with Crippen molar-refractivity contribution < 1.29 is 0 Å². The molecule has 0 aliphatic heterocycles. The van der Waals surface area contributed by atoms with Crippen LogP contribution in [0, 0.1) is 0 Å². The summed E-state index contributed by atoms with van der Waals surface area (Å²) in [7, 11) is 0. The standard InChI is InChI=1S/C11H7Br2N/c12-9-3-1-2-8(6-9)11-7-10(13)4-5-14-11/h1-7H. The Balaban J connectivity index is 2.49. The molecule has 70 valence electrons. The number of halogens is 2. The van der Waals surface area contributed by atoms with E-state index in [9.17, 15) is 0 Å². The van der Waals surface area contributed by atoms with E-state index < -0.39 is 0 Å². The van der Waals surface area contributed by atoms with Gasteiger partial charge in [-0.1, -0.05) is 44.0 Å². The molecule has 14 heavy (non-hydrogen) atoms. The number of hydrogen-bond acceptors (Lipinski definition) is 1. The van der Waals surface area contributed by atoms with Gasteiger partial charge in [-0.2, -0.15) is 0 Å². The lowest BCUT2D eigenvalue weighted by atomic mass is 10.1. The molecule has 0 N–H and O–H groups in total. The number of benzene rings is 1. The molecule has 1 nitrogen and oxygen atoms in total. The van der Waals surface area contributed by atoms with Crippen molar-refractivity contribution in [1.29, 1.82) is 0 Å². The zero-order chi connectivity index (χ0) is 9.97. The summed E-state index contributed by atoms with van der Waals surface area (Å²) in [6.07, 6.45) is 1.79. The molecule has 0 radical (unpaired) electrons. The van der Waals surface area contributed by atoms with Gasteiger partial charge >= 0.3 is 0 Å². The zero-order valence-corrected chi connectivity index (χ0v) is 10.4. The van der Waals surface area contributed by atoms with Crippen molar-refractivity contribution in [1.82, 2.24) is 4.98 Å². The minimum absolute atomic E-state index is 0.973. The molecule has 0 amide bonds. The first-order valence-corrected chi connectivity index (χ1v) is 5.72. The van der Waals surface area contributed by atoms with Crippen LogP contribution in [-0.2, 0) is 0 Å². The summed E-state index contributed by atoms with van der Waals surface area (Å²) >= 11 is 6.86. The molecule has 0 fully saturated rings. The van der Waals surface area contributed by atoms with E-state index in [-0.39, 0.29) is 0 Å². The van der Waals surface area contributed by atoms with Crippen molar-refractivity contribution in [2.75, 3.05) is 0 Å². The molecule has 0 aliphatic carbocycles. The number of hydrogen-bond donors (Lipinski definition) is 0. The highest BCUT2D eigenvalue weighted by Crippen LogP contribution is 2.23. The molecule has 0 saturated carbocycles. The molecular formula is C11H7Br2N. The molecule has 0 aliphatic rings. The van der Waals surface area contributed by atoms with Gasteiger partial charge < -0.3 is 0 Å². The minimum Gasteiger partial charge on any atom is -0.256 e. The molecule has 2 aromatic rings. The van der Waals surface area contributed by atoms with Crippen LogP contribution in [0.15, 0.2) is 51.5 Å². The molecule has 0 atom stereocenters. The van der Waals surface area contributed by atoms with E-state index in [2.05, 4.69) is 42.9 Å². The highest BCUT2D eigenvalue weighted by atomic mass is 79.9. The summed E-state index contributed by atoms with van der Waals surface area (Å²) in [5.74, 6) is 0. The van der Waals surface area contributed by atoms with Gasteiger partial charge in [0, 0.05) is 20.7 Å². The highest BCUT2D eigenvalue weighted by Gasteiger charge is 1.99. The fraction of sp³-hybridized carbons (Fsp3) is 0. The maximum absolute atomic E-state index is 4.30. The van der Waals surface area contributed by atoms with Crippen molar-refractivity contribution in [3.05, 3.63) is 51.5 Å². The second kappa shape index (κ2) is 4.24. The number of nitrogens with zero attached hydrogens (tertiary/aromatic N) is 1. The monoisotopic (exact) mass is 311 g/mol. The van der Waals surface area contributed by atoms with Crippen LogP contribution in [0.2, 0.25) is 0 Å². The predicted octanol–water partition coefficient (Wildman–Crippen LogP) is 4.27. The maximum Gasteiger partial charge on any atom is 0.0713 e. The third-order valence-corrected chi connectivity index (χ3v) is 2.83. The summed E-state index contributed by atoms with van der Waals surface area (Å²) in [6, 6.07) is 12.0. The van der Waals surface area contributed by atoms with Gasteiger partial charge in [0.2, 0.25) is 0 Å². The van der Waals surface area contributed by atoms with Crippen molar-refractivity contribution in [3.8, 4) is 11.3 Å². The van der Waals surface area contributed by atoms with Crippen LogP contribution in [-0.4, -0.2) is 4.98 Å². The summed E-state index contributed by atoms with van der Waals surface area (Å²) in [5.41, 5.74) is 2.08. The number of pyridine rings is 1. The van der Waals surface area contributed by atoms with Crippen LogP contribution in [0.4, 0.5) is 0 Å². The van der Waals surface area contributed by atoms with Crippen LogP contribution in [0.1, 0.15) is 0 Å². The molecule has 0 unspecified atom stereocenters. The van der Waals surface area contributed by atoms with Crippen LogP contribution < -0.4 is 0 Å². The van der Waals surface area contributed by atoms with Gasteiger partial charge in [0.25, 0.3) is 0 Å². The lowest BCUT2D eigenvalue weighted by Gasteiger charge is -2.01. The van der Waals surface area contributed by atoms with Crippen LogP contribution in [0.5, 0.6) is 0 Å². The Morgan fingerprint density at radius 2 is 1.71 bits per heavy atom. The SMILES string of the molecule is Brc1cccc(-c2cc(Br)ccn2)c1. The molecular weight excluding hydrogens is 306 g/mol. The van der Waals surface area contributed by atoms with Gasteiger partial charge in [0.05, 0.1) is 5.69 Å². The van der Waals surface area contributed by atoms with E-state index in [1.165, 1.54) is 0 Å². The van der Waals surface area contributed by atoms with E-state index in [1.54, 1.807) is 6.20 Å². The summed E-state index contributed by atoms with van der Waals surface area (Å²) < 4.78 is 2.11. The van der Waals surface area contributed by atoms with E-state index >= 15 is 0 Å². The Hall–Kier alpha value is -0.670. The topological polar surface area (TPSA) is 12.9 Å². The molecule has 1 aromatic carbocycles. The molecule has 0 bridgehead atoms. The van der Waals surface area contributed by atoms with Crippen LogP contribution >= 0.6 is 31.9 Å². The molecule has 1 heterocycles. The fourth-order valence-electron chi connectivity index (χ4n) is 1.21. The number of aromatic nitrogens is 1. The van der Waals surface area contributed by atoms with Crippen molar-refractivity contribution >= 4 is 31.9 Å². The fourth-order valence-corrected chi connectivity index (χ4v) is 1.94. The Morgan fingerprint density at radius 1 is 0.929 bits per heavy atom. The van der Waals surface area contributed by atoms with E-state index in [1.807, 2.05) is 30.3 Å². The molecule has 0 saturated heterocycles. The first-order chi connectivity index (χ1) is 6.75. The third-order valence-electron chi connectivity index (χ3n) is 1.84. The van der Waals surface area contributed by atoms with E-state index in [4.69, 9.17) is 0 Å². The Morgan fingerprint density at radius 3 is 2.43 bits per heavy atom. The Kier molecular flexibility index (Phi) is 2.99. The predicted molar refractivity (Wildman–Crippen MR) is 65.1 cm³/mol. The maximum atomic E-state index is 4.30. The molecule has 2 rings (SSSR count). The second-order valence-corrected chi connectivity index (χ2v) is 4.70. The summed E-state index contributed by atoms with van der Waals surface area (Å²) in [6.45, 7) is 0. The molecule has 1 aromatic heterocycles. The normalized spacial score (nSPS) is 10.1. The summed E-state index contributed by atoms with van der Waals surface area (Å²) in [5, 5.41) is 0. The van der Waals surface area contributed by atoms with Gasteiger partial charge in [-0.25, -0.2) is 0 Å². The summed E-state index contributed by atoms with van der Waals surface area (Å²) in [4.78, 5) is 4.30. The Labute approximate surface area is 99.4 Å². The average molecular weight is 313 g/mol. The van der Waals surface area contributed by atoms with Crippen LogP contribution in [0.25, 0.3) is 11.3 Å². The Bertz CT molecular complexity index is 411.